The van der Waals surface area contributed by atoms with Gasteiger partial charge in [0, 0.05) is 12.6 Å². The summed E-state index contributed by atoms with van der Waals surface area (Å²) in [5.41, 5.74) is 3.46. The van der Waals surface area contributed by atoms with Gasteiger partial charge in [0.1, 0.15) is 0 Å². The molecule has 1 aliphatic rings. The lowest BCUT2D eigenvalue weighted by Crippen LogP contribution is -2.51. The van der Waals surface area contributed by atoms with Gasteiger partial charge >= 0.3 is 0 Å². The van der Waals surface area contributed by atoms with Crippen molar-refractivity contribution in [3.05, 3.63) is 16.9 Å². The number of aliphatic imine (C=N–C) groups is 1. The summed E-state index contributed by atoms with van der Waals surface area (Å²) in [5.74, 6) is -0.648. The first kappa shape index (κ1) is 32.1. The van der Waals surface area contributed by atoms with Crippen LogP contribution in [0.5, 0.6) is 0 Å². The van der Waals surface area contributed by atoms with E-state index in [9.17, 15) is 9.59 Å². The van der Waals surface area contributed by atoms with E-state index in [2.05, 4.69) is 51.9 Å². The van der Waals surface area contributed by atoms with Gasteiger partial charge in [0.2, 0.25) is 11.7 Å². The van der Waals surface area contributed by atoms with Crippen molar-refractivity contribution in [3.63, 3.8) is 0 Å². The summed E-state index contributed by atoms with van der Waals surface area (Å²) in [6.45, 7) is 10.5. The number of thioether (sulfide) groups is 2. The Labute approximate surface area is 236 Å². The second-order valence-electron chi connectivity index (χ2n) is 10.6. The number of amides is 2. The molecule has 0 radical (unpaired) electrons. The maximum Gasteiger partial charge on any atom is 0.269 e. The number of hydrazine groups is 1. The molecule has 2 N–H and O–H groups in total. The van der Waals surface area contributed by atoms with Crippen molar-refractivity contribution in [1.82, 2.24) is 36.0 Å². The molecule has 2 amide bonds. The Bertz CT molecular complexity index is 963. The summed E-state index contributed by atoms with van der Waals surface area (Å²) >= 11 is 3.01. The summed E-state index contributed by atoms with van der Waals surface area (Å²) in [6, 6.07) is -1.07. The van der Waals surface area contributed by atoms with Gasteiger partial charge in [-0.25, -0.2) is 5.01 Å². The van der Waals surface area contributed by atoms with Crippen molar-refractivity contribution in [2.45, 2.75) is 110 Å². The predicted molar refractivity (Wildman–Crippen MR) is 157 cm³/mol. The lowest BCUT2D eigenvalue weighted by Gasteiger charge is -2.34. The second kappa shape index (κ2) is 16.1. The van der Waals surface area contributed by atoms with Crippen LogP contribution in [0.25, 0.3) is 0 Å². The van der Waals surface area contributed by atoms with Gasteiger partial charge in [0.15, 0.2) is 11.5 Å². The molecule has 0 saturated heterocycles. The van der Waals surface area contributed by atoms with Gasteiger partial charge in [-0.15, -0.1) is 33.7 Å². The van der Waals surface area contributed by atoms with Crippen LogP contribution in [-0.4, -0.2) is 60.8 Å². The maximum atomic E-state index is 13.4. The number of carbonyl (C=O) groups excluding carboxylic acids is 2. The van der Waals surface area contributed by atoms with E-state index in [1.54, 1.807) is 5.01 Å². The van der Waals surface area contributed by atoms with Crippen molar-refractivity contribution in [3.8, 4) is 0 Å². The van der Waals surface area contributed by atoms with Crippen molar-refractivity contribution < 1.29 is 9.59 Å². The molecular formula is C26H46N8O2S2. The number of hydrogen-bond donors (Lipinski definition) is 2. The van der Waals surface area contributed by atoms with Gasteiger partial charge in [-0.1, -0.05) is 72.1 Å². The average molecular weight is 567 g/mol. The van der Waals surface area contributed by atoms with Crippen LogP contribution in [0.4, 0.5) is 0 Å². The van der Waals surface area contributed by atoms with Crippen molar-refractivity contribution >= 4 is 41.0 Å². The van der Waals surface area contributed by atoms with E-state index in [-0.39, 0.29) is 22.6 Å². The number of unbranched alkanes of at least 4 members (excludes halogenated alkanes) is 7. The highest BCUT2D eigenvalue weighted by atomic mass is 32.2. The van der Waals surface area contributed by atoms with Crippen LogP contribution < -0.4 is 10.7 Å². The molecule has 0 aliphatic carbocycles. The molecule has 2 atom stereocenters. The Balaban J connectivity index is 2.00. The minimum Gasteiger partial charge on any atom is -0.338 e. The molecule has 1 aliphatic heterocycles. The number of rotatable bonds is 17. The molecule has 1 aromatic rings. The molecule has 1 aromatic heterocycles. The number of hydrogen-bond acceptors (Lipinski definition) is 9. The van der Waals surface area contributed by atoms with Crippen LogP contribution >= 0.6 is 23.5 Å². The molecule has 2 unspecified atom stereocenters. The monoisotopic (exact) mass is 566 g/mol. The quantitative estimate of drug-likeness (QED) is 0.251. The summed E-state index contributed by atoms with van der Waals surface area (Å²) in [5, 5.41) is 18.1. The molecule has 0 fully saturated rings. The van der Waals surface area contributed by atoms with E-state index in [4.69, 9.17) is 0 Å². The number of aromatic nitrogens is 4. The Hall–Kier alpha value is -2.08. The van der Waals surface area contributed by atoms with Crippen LogP contribution in [0.15, 0.2) is 16.1 Å². The molecule has 0 spiro atoms. The molecular weight excluding hydrogens is 520 g/mol. The average Bonchev–Trinajstić information content (AvgIpc) is 3.31. The zero-order valence-electron chi connectivity index (χ0n) is 24.1. The lowest BCUT2D eigenvalue weighted by atomic mass is 9.87. The fourth-order valence-electron chi connectivity index (χ4n) is 4.32. The van der Waals surface area contributed by atoms with Gasteiger partial charge in [0.05, 0.1) is 11.6 Å². The van der Waals surface area contributed by atoms with Crippen molar-refractivity contribution in [1.29, 1.82) is 0 Å². The number of nitrogens with one attached hydrogen (secondary N) is 2. The second-order valence-corrected chi connectivity index (χ2v) is 12.3. The van der Waals surface area contributed by atoms with Crippen LogP contribution in [0.1, 0.15) is 104 Å². The smallest absolute Gasteiger partial charge is 0.269 e. The Kier molecular flexibility index (Phi) is 13.6. The van der Waals surface area contributed by atoms with E-state index in [1.807, 2.05) is 25.5 Å². The normalized spacial score (nSPS) is 16.6. The number of allylic oxidation sites excluding steroid dienone is 1. The molecule has 12 heteroatoms. The molecule has 10 nitrogen and oxygen atoms in total. The van der Waals surface area contributed by atoms with Gasteiger partial charge in [-0.05, 0) is 42.6 Å². The topological polar surface area (TPSA) is 117 Å². The third-order valence-corrected chi connectivity index (χ3v) is 7.84. The minimum absolute atomic E-state index is 0.0147. The van der Waals surface area contributed by atoms with Gasteiger partial charge in [-0.2, -0.15) is 4.80 Å². The first-order chi connectivity index (χ1) is 18.1. The zero-order chi connectivity index (χ0) is 28.1. The molecule has 2 rings (SSSR count). The van der Waals surface area contributed by atoms with E-state index >= 15 is 0 Å². The largest absolute Gasteiger partial charge is 0.338 e. The van der Waals surface area contributed by atoms with Crippen LogP contribution in [-0.2, 0) is 16.1 Å². The summed E-state index contributed by atoms with van der Waals surface area (Å²) in [4.78, 5) is 31.4. The first-order valence-electron chi connectivity index (χ1n) is 13.6. The van der Waals surface area contributed by atoms with Crippen LogP contribution in [0.2, 0.25) is 0 Å². The molecule has 0 aromatic carbocycles. The Morgan fingerprint density at radius 2 is 1.76 bits per heavy atom. The Morgan fingerprint density at radius 1 is 1.11 bits per heavy atom. The van der Waals surface area contributed by atoms with E-state index in [0.717, 1.165) is 17.2 Å². The predicted octanol–water partition coefficient (Wildman–Crippen LogP) is 5.07. The summed E-state index contributed by atoms with van der Waals surface area (Å²) in [6.07, 6.45) is 17.1. The maximum absolute atomic E-state index is 13.4. The first-order valence-corrected chi connectivity index (χ1v) is 16.1. The van der Waals surface area contributed by atoms with Gasteiger partial charge in [0.25, 0.3) is 5.91 Å². The third kappa shape index (κ3) is 10.6. The summed E-state index contributed by atoms with van der Waals surface area (Å²) < 4.78 is 0. The number of carbonyl (C=O) groups is 2. The standard InChI is InChI=1S/C26H46N8O2S2/c1-8-9-10-11-12-13-14-15-16-26(4,5)18-33-30-23(29-32-33)22(28-20(3)35)24(36)31-34-21(37-6)17-19(2)27-25(34)38-7/h17,22,25H,8-16,18H2,1-7H3,(H,28,35)(H,31,36). The number of tetrazole rings is 1. The summed E-state index contributed by atoms with van der Waals surface area (Å²) in [7, 11) is 0. The number of nitrogens with zero attached hydrogens (tertiary/aromatic N) is 6. The van der Waals surface area contributed by atoms with Crippen LogP contribution in [0.3, 0.4) is 0 Å². The third-order valence-electron chi connectivity index (χ3n) is 6.37. The highest BCUT2D eigenvalue weighted by Crippen LogP contribution is 2.28. The molecule has 38 heavy (non-hydrogen) atoms. The fourth-order valence-corrected chi connectivity index (χ4v) is 5.67. The van der Waals surface area contributed by atoms with E-state index in [0.29, 0.717) is 6.54 Å². The van der Waals surface area contributed by atoms with Crippen molar-refractivity contribution in [2.24, 2.45) is 10.4 Å². The highest BCUT2D eigenvalue weighted by molar-refractivity contribution is 8.02. The van der Waals surface area contributed by atoms with E-state index < -0.39 is 11.9 Å². The fraction of sp³-hybridized carbons (Fsp3) is 0.769. The van der Waals surface area contributed by atoms with E-state index in [1.165, 1.54) is 86.6 Å². The SMILES string of the molecule is CCCCCCCCCCC(C)(C)Cn1nnc(C(NC(C)=O)C(=O)NN2C(SC)=CC(C)=NC2SC)n1. The minimum atomic E-state index is -1.07. The molecule has 0 bridgehead atoms. The zero-order valence-corrected chi connectivity index (χ0v) is 25.8. The molecule has 0 saturated carbocycles. The van der Waals surface area contributed by atoms with Gasteiger partial charge in [-0.3, -0.25) is 20.0 Å². The highest BCUT2D eigenvalue weighted by Gasteiger charge is 2.32. The molecule has 2 heterocycles. The molecule has 214 valence electrons. The Morgan fingerprint density at radius 3 is 2.37 bits per heavy atom. The van der Waals surface area contributed by atoms with Crippen molar-refractivity contribution in [2.75, 3.05) is 12.5 Å². The van der Waals surface area contributed by atoms with Crippen LogP contribution in [0, 0.1) is 5.41 Å². The van der Waals surface area contributed by atoms with Gasteiger partial charge < -0.3 is 5.32 Å². The lowest BCUT2D eigenvalue weighted by molar-refractivity contribution is -0.131.